The summed E-state index contributed by atoms with van der Waals surface area (Å²) in [4.78, 5) is 28.2. The highest BCUT2D eigenvalue weighted by Crippen LogP contribution is 2.28. The van der Waals surface area contributed by atoms with E-state index in [0.29, 0.717) is 35.1 Å². The number of benzene rings is 2. The molecule has 8 nitrogen and oxygen atoms in total. The van der Waals surface area contributed by atoms with Crippen LogP contribution < -0.4 is 26.4 Å². The summed E-state index contributed by atoms with van der Waals surface area (Å²) in [7, 11) is 3.10. The van der Waals surface area contributed by atoms with Gasteiger partial charge < -0.3 is 25.4 Å². The standard InChI is InChI=1S/C19H22ClN3O5/c1-26-16-8-4-11(9-17(16)27-2)3-7-14(19(25)28-22)23-15-10-12(20)5-6-13(15)18(21)24/h4-6,8-10,14,23H,3,7,22H2,1-2H3,(H2,21,24). The largest absolute Gasteiger partial charge is 0.493 e. The van der Waals surface area contributed by atoms with Crippen LogP contribution in [0.25, 0.3) is 0 Å². The topological polar surface area (TPSA) is 126 Å². The predicted molar refractivity (Wildman–Crippen MR) is 106 cm³/mol. The van der Waals surface area contributed by atoms with Crippen LogP contribution in [-0.2, 0) is 16.1 Å². The molecule has 0 bridgehead atoms. The highest BCUT2D eigenvalue weighted by atomic mass is 35.5. The fraction of sp³-hybridized carbons (Fsp3) is 0.263. The van der Waals surface area contributed by atoms with Crippen molar-refractivity contribution in [3.63, 3.8) is 0 Å². The molecule has 0 radical (unpaired) electrons. The molecule has 0 fully saturated rings. The lowest BCUT2D eigenvalue weighted by Gasteiger charge is -2.19. The first-order chi connectivity index (χ1) is 13.4. The number of amides is 1. The van der Waals surface area contributed by atoms with E-state index in [1.165, 1.54) is 18.2 Å². The Hall–Kier alpha value is -2.97. The second-order valence-corrected chi connectivity index (χ2v) is 6.35. The van der Waals surface area contributed by atoms with Crippen molar-refractivity contribution in [2.75, 3.05) is 19.5 Å². The fourth-order valence-electron chi connectivity index (χ4n) is 2.72. The van der Waals surface area contributed by atoms with E-state index in [4.69, 9.17) is 32.7 Å². The molecule has 28 heavy (non-hydrogen) atoms. The smallest absolute Gasteiger partial charge is 0.346 e. The molecule has 0 heterocycles. The van der Waals surface area contributed by atoms with Gasteiger partial charge in [0.05, 0.1) is 19.8 Å². The zero-order valence-electron chi connectivity index (χ0n) is 15.5. The molecule has 150 valence electrons. The molecule has 0 saturated carbocycles. The molecular formula is C19H22ClN3O5. The number of primary amides is 1. The second kappa shape index (κ2) is 9.82. The molecule has 2 aromatic carbocycles. The molecule has 1 amide bonds. The van der Waals surface area contributed by atoms with Crippen molar-refractivity contribution >= 4 is 29.2 Å². The lowest BCUT2D eigenvalue weighted by Crippen LogP contribution is -2.34. The molecule has 0 aliphatic carbocycles. The molecule has 2 aromatic rings. The molecule has 0 aromatic heterocycles. The number of halogens is 1. The van der Waals surface area contributed by atoms with Crippen LogP contribution in [-0.4, -0.2) is 32.1 Å². The van der Waals surface area contributed by atoms with E-state index in [2.05, 4.69) is 10.2 Å². The van der Waals surface area contributed by atoms with Gasteiger partial charge in [-0.3, -0.25) is 4.79 Å². The van der Waals surface area contributed by atoms with E-state index >= 15 is 0 Å². The van der Waals surface area contributed by atoms with Crippen molar-refractivity contribution in [1.29, 1.82) is 0 Å². The minimum absolute atomic E-state index is 0.199. The van der Waals surface area contributed by atoms with Crippen molar-refractivity contribution in [2.24, 2.45) is 11.6 Å². The normalized spacial score (nSPS) is 11.4. The Balaban J connectivity index is 2.21. The predicted octanol–water partition coefficient (Wildman–Crippen LogP) is 2.29. The van der Waals surface area contributed by atoms with E-state index in [1.807, 2.05) is 12.1 Å². The van der Waals surface area contributed by atoms with Crippen LogP contribution in [0.15, 0.2) is 36.4 Å². The van der Waals surface area contributed by atoms with Crippen LogP contribution in [0.2, 0.25) is 5.02 Å². The van der Waals surface area contributed by atoms with Gasteiger partial charge in [0.2, 0.25) is 0 Å². The Bertz CT molecular complexity index is 859. The summed E-state index contributed by atoms with van der Waals surface area (Å²) < 4.78 is 10.5. The second-order valence-electron chi connectivity index (χ2n) is 5.92. The summed E-state index contributed by atoms with van der Waals surface area (Å²) in [6, 6.07) is 9.15. The van der Waals surface area contributed by atoms with E-state index in [0.717, 1.165) is 5.56 Å². The number of carbonyl (C=O) groups is 2. The third-order valence-corrected chi connectivity index (χ3v) is 4.38. The Kier molecular flexibility index (Phi) is 7.48. The third-order valence-electron chi connectivity index (χ3n) is 4.15. The van der Waals surface area contributed by atoms with E-state index in [9.17, 15) is 9.59 Å². The summed E-state index contributed by atoms with van der Waals surface area (Å²) in [6.07, 6.45) is 0.829. The summed E-state index contributed by atoms with van der Waals surface area (Å²) in [6.45, 7) is 0. The number of aryl methyl sites for hydroxylation is 1. The molecule has 0 aliphatic rings. The Labute approximate surface area is 167 Å². The molecule has 2 rings (SSSR count). The van der Waals surface area contributed by atoms with E-state index in [-0.39, 0.29) is 5.56 Å². The van der Waals surface area contributed by atoms with Gasteiger partial charge in [-0.1, -0.05) is 17.7 Å². The van der Waals surface area contributed by atoms with Crippen LogP contribution in [0.5, 0.6) is 11.5 Å². The Morgan fingerprint density at radius 2 is 1.82 bits per heavy atom. The average molecular weight is 408 g/mol. The molecular weight excluding hydrogens is 386 g/mol. The van der Waals surface area contributed by atoms with Gasteiger partial charge in [0, 0.05) is 10.7 Å². The highest BCUT2D eigenvalue weighted by Gasteiger charge is 2.22. The number of rotatable bonds is 9. The zero-order valence-corrected chi connectivity index (χ0v) is 16.3. The van der Waals surface area contributed by atoms with Crippen molar-refractivity contribution < 1.29 is 23.9 Å². The van der Waals surface area contributed by atoms with Crippen LogP contribution >= 0.6 is 11.6 Å². The molecule has 0 spiro atoms. The van der Waals surface area contributed by atoms with Crippen molar-refractivity contribution in [1.82, 2.24) is 0 Å². The maximum absolute atomic E-state index is 12.1. The fourth-order valence-corrected chi connectivity index (χ4v) is 2.89. The zero-order chi connectivity index (χ0) is 20.7. The molecule has 0 aliphatic heterocycles. The molecule has 1 atom stereocenters. The van der Waals surface area contributed by atoms with Gasteiger partial charge in [-0.25, -0.2) is 4.79 Å². The number of methoxy groups -OCH3 is 2. The number of nitrogens with two attached hydrogens (primary N) is 2. The van der Waals surface area contributed by atoms with Crippen molar-refractivity contribution in [3.8, 4) is 11.5 Å². The maximum Gasteiger partial charge on any atom is 0.346 e. The summed E-state index contributed by atoms with van der Waals surface area (Å²) in [5.74, 6) is 4.91. The minimum atomic E-state index is -0.824. The lowest BCUT2D eigenvalue weighted by molar-refractivity contribution is -0.145. The summed E-state index contributed by atoms with van der Waals surface area (Å²) >= 11 is 5.99. The quantitative estimate of drug-likeness (QED) is 0.544. The first-order valence-electron chi connectivity index (χ1n) is 8.37. The van der Waals surface area contributed by atoms with Crippen molar-refractivity contribution in [2.45, 2.75) is 18.9 Å². The van der Waals surface area contributed by atoms with Gasteiger partial charge in [0.1, 0.15) is 6.04 Å². The number of hydrogen-bond acceptors (Lipinski definition) is 7. The number of carbonyl (C=O) groups excluding carboxylic acids is 2. The van der Waals surface area contributed by atoms with E-state index < -0.39 is 17.9 Å². The molecule has 5 N–H and O–H groups in total. The number of ether oxygens (including phenoxy) is 2. The summed E-state index contributed by atoms with van der Waals surface area (Å²) in [5, 5.41) is 3.33. The average Bonchev–Trinajstić information content (AvgIpc) is 2.69. The Morgan fingerprint density at radius 1 is 1.11 bits per heavy atom. The first kappa shape index (κ1) is 21.3. The highest BCUT2D eigenvalue weighted by molar-refractivity contribution is 6.31. The van der Waals surface area contributed by atoms with Gasteiger partial charge in [0.25, 0.3) is 5.91 Å². The van der Waals surface area contributed by atoms with E-state index in [1.54, 1.807) is 20.3 Å². The van der Waals surface area contributed by atoms with Crippen molar-refractivity contribution in [3.05, 3.63) is 52.5 Å². The number of anilines is 1. The van der Waals surface area contributed by atoms with Crippen LogP contribution in [0, 0.1) is 0 Å². The van der Waals surface area contributed by atoms with Crippen LogP contribution in [0.3, 0.4) is 0 Å². The van der Waals surface area contributed by atoms with Gasteiger partial charge in [-0.15, -0.1) is 0 Å². The Morgan fingerprint density at radius 3 is 2.43 bits per heavy atom. The van der Waals surface area contributed by atoms with Crippen LogP contribution in [0.4, 0.5) is 5.69 Å². The number of hydrogen-bond donors (Lipinski definition) is 3. The molecule has 0 saturated heterocycles. The third kappa shape index (κ3) is 5.28. The molecule has 9 heteroatoms. The number of nitrogens with one attached hydrogen (secondary N) is 1. The van der Waals surface area contributed by atoms with Gasteiger partial charge in [-0.05, 0) is 48.7 Å². The minimum Gasteiger partial charge on any atom is -0.493 e. The van der Waals surface area contributed by atoms with Gasteiger partial charge in [-0.2, -0.15) is 5.90 Å². The monoisotopic (exact) mass is 407 g/mol. The maximum atomic E-state index is 12.1. The SMILES string of the molecule is COc1ccc(CCC(Nc2cc(Cl)ccc2C(N)=O)C(=O)ON)cc1OC. The first-order valence-corrected chi connectivity index (χ1v) is 8.74. The molecule has 1 unspecified atom stereocenters. The summed E-state index contributed by atoms with van der Waals surface area (Å²) in [5.41, 5.74) is 6.82. The van der Waals surface area contributed by atoms with Gasteiger partial charge in [0.15, 0.2) is 11.5 Å². The van der Waals surface area contributed by atoms with Gasteiger partial charge >= 0.3 is 5.97 Å². The van der Waals surface area contributed by atoms with Crippen LogP contribution in [0.1, 0.15) is 22.3 Å². The lowest BCUT2D eigenvalue weighted by atomic mass is 10.0.